The summed E-state index contributed by atoms with van der Waals surface area (Å²) in [5.74, 6) is 0.0585. The van der Waals surface area contributed by atoms with Crippen molar-refractivity contribution in [3.8, 4) is 0 Å². The van der Waals surface area contributed by atoms with Crippen LogP contribution in [0.25, 0.3) is 0 Å². The Kier molecular flexibility index (Phi) is 6.77. The topological polar surface area (TPSA) is 64.0 Å². The monoisotopic (exact) mass is 421 g/mol. The number of thioether (sulfide) groups is 1. The summed E-state index contributed by atoms with van der Waals surface area (Å²) in [7, 11) is 1.71. The van der Waals surface area contributed by atoms with E-state index in [4.69, 9.17) is 0 Å². The average Bonchev–Trinajstić information content (AvgIpc) is 2.71. The summed E-state index contributed by atoms with van der Waals surface area (Å²) in [6.07, 6.45) is 0.552. The van der Waals surface area contributed by atoms with Crippen LogP contribution in [0.2, 0.25) is 0 Å². The van der Waals surface area contributed by atoms with Crippen molar-refractivity contribution in [2.45, 2.75) is 39.3 Å². The molecule has 0 bridgehead atoms. The van der Waals surface area contributed by atoms with Crippen LogP contribution in [0.4, 0.5) is 5.69 Å². The number of aryl methyl sites for hydroxylation is 4. The largest absolute Gasteiger partial charge is 0.325 e. The molecule has 1 amide bonds. The van der Waals surface area contributed by atoms with Crippen molar-refractivity contribution >= 4 is 23.4 Å². The molecule has 1 N–H and O–H groups in total. The number of nitrogens with one attached hydrogen (secondary N) is 1. The van der Waals surface area contributed by atoms with E-state index in [2.05, 4.69) is 10.3 Å². The van der Waals surface area contributed by atoms with Gasteiger partial charge in [-0.1, -0.05) is 42.1 Å². The van der Waals surface area contributed by atoms with Crippen molar-refractivity contribution in [1.82, 2.24) is 9.55 Å². The van der Waals surface area contributed by atoms with Gasteiger partial charge in [0.1, 0.15) is 0 Å². The number of carbonyl (C=O) groups is 1. The molecule has 0 fully saturated rings. The first-order valence-electron chi connectivity index (χ1n) is 9.87. The number of hydrogen-bond donors (Lipinski definition) is 1. The molecule has 0 spiro atoms. The molecule has 5 nitrogen and oxygen atoms in total. The average molecular weight is 422 g/mol. The van der Waals surface area contributed by atoms with Gasteiger partial charge in [-0.05, 0) is 62.1 Å². The van der Waals surface area contributed by atoms with Crippen molar-refractivity contribution in [3.05, 3.63) is 86.3 Å². The Hall–Kier alpha value is -2.86. The van der Waals surface area contributed by atoms with Gasteiger partial charge in [0.15, 0.2) is 5.16 Å². The summed E-state index contributed by atoms with van der Waals surface area (Å²) in [6, 6.07) is 13.9. The molecule has 1 aromatic heterocycles. The first kappa shape index (κ1) is 21.8. The molecule has 0 aliphatic heterocycles. The molecular formula is C24H27N3O2S. The van der Waals surface area contributed by atoms with Crippen LogP contribution >= 0.6 is 11.8 Å². The maximum atomic E-state index is 12.9. The van der Waals surface area contributed by atoms with Crippen LogP contribution in [0.3, 0.4) is 0 Å². The highest BCUT2D eigenvalue weighted by molar-refractivity contribution is 7.99. The van der Waals surface area contributed by atoms with Gasteiger partial charge in [0.25, 0.3) is 5.56 Å². The van der Waals surface area contributed by atoms with Gasteiger partial charge in [0.2, 0.25) is 5.91 Å². The summed E-state index contributed by atoms with van der Waals surface area (Å²) < 4.78 is 1.54. The van der Waals surface area contributed by atoms with Crippen LogP contribution in [0.1, 0.15) is 33.5 Å². The zero-order valence-electron chi connectivity index (χ0n) is 18.1. The predicted octanol–water partition coefficient (Wildman–Crippen LogP) is 4.34. The molecule has 0 saturated heterocycles. The van der Waals surface area contributed by atoms with E-state index >= 15 is 0 Å². The van der Waals surface area contributed by atoms with Crippen LogP contribution < -0.4 is 10.9 Å². The summed E-state index contributed by atoms with van der Waals surface area (Å²) in [4.78, 5) is 29.9. The Morgan fingerprint density at radius 2 is 1.77 bits per heavy atom. The fraction of sp³-hybridized carbons (Fsp3) is 0.292. The molecule has 0 saturated carbocycles. The van der Waals surface area contributed by atoms with E-state index in [1.165, 1.54) is 21.9 Å². The molecule has 3 rings (SSSR count). The van der Waals surface area contributed by atoms with Crippen LogP contribution in [0.15, 0.2) is 52.4 Å². The minimum atomic E-state index is -0.126. The van der Waals surface area contributed by atoms with Gasteiger partial charge in [-0.15, -0.1) is 0 Å². The van der Waals surface area contributed by atoms with E-state index < -0.39 is 0 Å². The molecule has 0 radical (unpaired) electrons. The molecule has 3 aromatic rings. The number of amides is 1. The molecule has 156 valence electrons. The smallest absolute Gasteiger partial charge is 0.257 e. The van der Waals surface area contributed by atoms with E-state index in [1.807, 2.05) is 70.2 Å². The van der Waals surface area contributed by atoms with Gasteiger partial charge in [0.05, 0.1) is 5.75 Å². The number of rotatable bonds is 6. The third-order valence-corrected chi connectivity index (χ3v) is 6.33. The second kappa shape index (κ2) is 9.30. The van der Waals surface area contributed by atoms with Crippen molar-refractivity contribution in [2.24, 2.45) is 7.05 Å². The number of aromatic nitrogens is 2. The third kappa shape index (κ3) is 5.00. The highest BCUT2D eigenvalue weighted by Crippen LogP contribution is 2.19. The first-order chi connectivity index (χ1) is 14.3. The summed E-state index contributed by atoms with van der Waals surface area (Å²) in [5, 5.41) is 3.45. The van der Waals surface area contributed by atoms with Crippen molar-refractivity contribution in [2.75, 3.05) is 11.1 Å². The van der Waals surface area contributed by atoms with Gasteiger partial charge in [-0.2, -0.15) is 0 Å². The standard InChI is InChI=1S/C24H27N3O2S/c1-15-10-11-20(12-17(15)3)26-22(28)14-30-24-25-18(4)21(23(29)27(24)5)13-19-9-7-6-8-16(19)2/h6-12H,13-14H2,1-5H3,(H,26,28). The fourth-order valence-electron chi connectivity index (χ4n) is 3.21. The quantitative estimate of drug-likeness (QED) is 0.475. The van der Waals surface area contributed by atoms with Gasteiger partial charge in [0, 0.05) is 30.4 Å². The lowest BCUT2D eigenvalue weighted by Gasteiger charge is -2.13. The molecule has 0 aliphatic carbocycles. The molecule has 0 unspecified atom stereocenters. The van der Waals surface area contributed by atoms with Gasteiger partial charge in [-0.3, -0.25) is 14.2 Å². The van der Waals surface area contributed by atoms with E-state index in [-0.39, 0.29) is 17.2 Å². The highest BCUT2D eigenvalue weighted by Gasteiger charge is 2.15. The van der Waals surface area contributed by atoms with E-state index in [0.717, 1.165) is 22.4 Å². The summed E-state index contributed by atoms with van der Waals surface area (Å²) in [6.45, 7) is 7.95. The Morgan fingerprint density at radius 3 is 2.47 bits per heavy atom. The zero-order chi connectivity index (χ0) is 21.8. The second-order valence-corrected chi connectivity index (χ2v) is 8.50. The van der Waals surface area contributed by atoms with Crippen LogP contribution in [-0.4, -0.2) is 21.2 Å². The van der Waals surface area contributed by atoms with Gasteiger partial charge >= 0.3 is 0 Å². The first-order valence-corrected chi connectivity index (χ1v) is 10.9. The van der Waals surface area contributed by atoms with Crippen molar-refractivity contribution < 1.29 is 4.79 Å². The van der Waals surface area contributed by atoms with E-state index in [1.54, 1.807) is 7.05 Å². The lowest BCUT2D eigenvalue weighted by Crippen LogP contribution is -2.26. The van der Waals surface area contributed by atoms with Crippen LogP contribution in [0, 0.1) is 27.7 Å². The lowest BCUT2D eigenvalue weighted by molar-refractivity contribution is -0.113. The second-order valence-electron chi connectivity index (χ2n) is 7.56. The Balaban J connectivity index is 1.72. The van der Waals surface area contributed by atoms with Crippen molar-refractivity contribution in [1.29, 1.82) is 0 Å². The molecule has 6 heteroatoms. The predicted molar refractivity (Wildman–Crippen MR) is 123 cm³/mol. The van der Waals surface area contributed by atoms with Crippen LogP contribution in [0.5, 0.6) is 0 Å². The van der Waals surface area contributed by atoms with E-state index in [0.29, 0.717) is 22.8 Å². The normalized spacial score (nSPS) is 10.8. The number of anilines is 1. The molecule has 30 heavy (non-hydrogen) atoms. The summed E-state index contributed by atoms with van der Waals surface area (Å²) in [5.41, 5.74) is 6.69. The number of benzene rings is 2. The Bertz CT molecular complexity index is 1150. The minimum Gasteiger partial charge on any atom is -0.325 e. The maximum absolute atomic E-state index is 12.9. The number of hydrogen-bond acceptors (Lipinski definition) is 4. The Labute approximate surface area is 181 Å². The molecule has 0 aliphatic rings. The molecule has 0 atom stereocenters. The van der Waals surface area contributed by atoms with Gasteiger partial charge < -0.3 is 5.32 Å². The zero-order valence-corrected chi connectivity index (χ0v) is 18.9. The maximum Gasteiger partial charge on any atom is 0.257 e. The van der Waals surface area contributed by atoms with Crippen molar-refractivity contribution in [3.63, 3.8) is 0 Å². The third-order valence-electron chi connectivity index (χ3n) is 5.30. The summed E-state index contributed by atoms with van der Waals surface area (Å²) >= 11 is 1.27. The Morgan fingerprint density at radius 1 is 1.03 bits per heavy atom. The highest BCUT2D eigenvalue weighted by atomic mass is 32.2. The molecular weight excluding hydrogens is 394 g/mol. The molecule has 2 aromatic carbocycles. The number of carbonyl (C=O) groups excluding carboxylic acids is 1. The number of nitrogens with zero attached hydrogens (tertiary/aromatic N) is 2. The van der Waals surface area contributed by atoms with E-state index in [9.17, 15) is 9.59 Å². The fourth-order valence-corrected chi connectivity index (χ4v) is 4.02. The molecule has 1 heterocycles. The van der Waals surface area contributed by atoms with Crippen LogP contribution in [-0.2, 0) is 18.3 Å². The lowest BCUT2D eigenvalue weighted by atomic mass is 10.0. The SMILES string of the molecule is Cc1ccc(NC(=O)CSc2nc(C)c(Cc3ccccc3C)c(=O)n2C)cc1C. The van der Waals surface area contributed by atoms with Gasteiger partial charge in [-0.25, -0.2) is 4.98 Å². The minimum absolute atomic E-state index is 0.0668.